The predicted molar refractivity (Wildman–Crippen MR) is 45.2 cm³/mol. The zero-order chi connectivity index (χ0) is 7.56. The number of nitrogens with two attached hydrogens (primary N) is 1. The second kappa shape index (κ2) is 4.77. The van der Waals surface area contributed by atoms with Crippen molar-refractivity contribution >= 4 is 45.9 Å². The Morgan fingerprint density at radius 3 is 2.09 bits per heavy atom. The quantitative estimate of drug-likeness (QED) is 0.359. The van der Waals surface area contributed by atoms with Crippen molar-refractivity contribution in [3.05, 3.63) is 24.3 Å². The molecule has 1 radical (unpaired) electrons. The second-order valence-corrected chi connectivity index (χ2v) is 2.81. The average Bonchev–Trinajstić information content (AvgIpc) is 1.88. The maximum absolute atomic E-state index is 10.4. The summed E-state index contributed by atoms with van der Waals surface area (Å²) in [4.78, 5) is 0.192. The SMILES string of the molecule is Nc1ccccc1[SH](=O)=O.[Na]. The van der Waals surface area contributed by atoms with E-state index in [9.17, 15) is 8.42 Å². The Hall–Kier alpha value is -0.0300. The minimum Gasteiger partial charge on any atom is -0.398 e. The van der Waals surface area contributed by atoms with Gasteiger partial charge in [-0.2, -0.15) is 0 Å². The van der Waals surface area contributed by atoms with Crippen molar-refractivity contribution in [3.8, 4) is 0 Å². The third-order valence-corrected chi connectivity index (χ3v) is 1.93. The molecule has 0 atom stereocenters. The molecule has 0 aliphatic carbocycles. The summed E-state index contributed by atoms with van der Waals surface area (Å²) in [5, 5.41) is 0. The van der Waals surface area contributed by atoms with E-state index >= 15 is 0 Å². The number of hydrogen-bond donors (Lipinski definition) is 2. The van der Waals surface area contributed by atoms with E-state index in [1.807, 2.05) is 0 Å². The first-order valence-corrected chi connectivity index (χ1v) is 3.88. The Kier molecular flexibility index (Phi) is 4.76. The molecule has 0 aromatic heterocycles. The standard InChI is InChI=1S/C6H7NO2S.Na/c7-5-3-1-2-4-6(5)10(8)9;/h1-4,10H,7H2;. The number of anilines is 1. The maximum atomic E-state index is 10.4. The molecule has 55 valence electrons. The van der Waals surface area contributed by atoms with Gasteiger partial charge in [-0.15, -0.1) is 0 Å². The van der Waals surface area contributed by atoms with Crippen LogP contribution < -0.4 is 5.73 Å². The van der Waals surface area contributed by atoms with Gasteiger partial charge in [-0.3, -0.25) is 0 Å². The van der Waals surface area contributed by atoms with E-state index in [1.165, 1.54) is 6.07 Å². The molecular formula is C6H7NNaO2S. The van der Waals surface area contributed by atoms with Crippen LogP contribution in [0.15, 0.2) is 29.2 Å². The summed E-state index contributed by atoms with van der Waals surface area (Å²) in [6.45, 7) is 0. The van der Waals surface area contributed by atoms with Gasteiger partial charge >= 0.3 is 0 Å². The van der Waals surface area contributed by atoms with E-state index in [0.29, 0.717) is 5.69 Å². The number of para-hydroxylation sites is 1. The molecule has 1 rings (SSSR count). The summed E-state index contributed by atoms with van der Waals surface area (Å²) in [7, 11) is -2.54. The molecule has 1 aromatic rings. The molecule has 0 saturated heterocycles. The van der Waals surface area contributed by atoms with Gasteiger partial charge in [-0.1, -0.05) is 12.1 Å². The van der Waals surface area contributed by atoms with Crippen LogP contribution in [-0.2, 0) is 10.7 Å². The van der Waals surface area contributed by atoms with Crippen LogP contribution in [-0.4, -0.2) is 38.0 Å². The van der Waals surface area contributed by atoms with Crippen LogP contribution in [0.5, 0.6) is 0 Å². The minimum atomic E-state index is -2.54. The molecule has 2 N–H and O–H groups in total. The fraction of sp³-hybridized carbons (Fsp3) is 0. The Labute approximate surface area is 88.8 Å². The Morgan fingerprint density at radius 2 is 1.73 bits per heavy atom. The van der Waals surface area contributed by atoms with Crippen LogP contribution in [0.4, 0.5) is 5.69 Å². The van der Waals surface area contributed by atoms with Gasteiger partial charge in [-0.05, 0) is 12.1 Å². The van der Waals surface area contributed by atoms with Gasteiger partial charge in [0.05, 0.1) is 10.6 Å². The maximum Gasteiger partial charge on any atom is 0.170 e. The molecule has 1 aromatic carbocycles. The second-order valence-electron chi connectivity index (χ2n) is 1.82. The predicted octanol–water partition coefficient (Wildman–Crippen LogP) is -0.142. The van der Waals surface area contributed by atoms with E-state index in [-0.39, 0.29) is 34.5 Å². The smallest absolute Gasteiger partial charge is 0.170 e. The first kappa shape index (κ1) is 11.0. The molecule has 0 saturated carbocycles. The summed E-state index contributed by atoms with van der Waals surface area (Å²) in [6, 6.07) is 6.36. The van der Waals surface area contributed by atoms with Crippen LogP contribution in [0, 0.1) is 0 Å². The summed E-state index contributed by atoms with van der Waals surface area (Å²) >= 11 is 0. The average molecular weight is 180 g/mol. The van der Waals surface area contributed by atoms with E-state index in [0.717, 1.165) is 0 Å². The number of rotatable bonds is 1. The van der Waals surface area contributed by atoms with Gasteiger partial charge in [0.25, 0.3) is 0 Å². The van der Waals surface area contributed by atoms with Crippen LogP contribution >= 0.6 is 0 Å². The van der Waals surface area contributed by atoms with Gasteiger partial charge in [-0.25, -0.2) is 8.42 Å². The third kappa shape index (κ3) is 2.83. The summed E-state index contributed by atoms with van der Waals surface area (Å²) in [5.41, 5.74) is 5.64. The Morgan fingerprint density at radius 1 is 1.18 bits per heavy atom. The van der Waals surface area contributed by atoms with Crippen LogP contribution in [0.25, 0.3) is 0 Å². The van der Waals surface area contributed by atoms with Crippen LogP contribution in [0.1, 0.15) is 0 Å². The van der Waals surface area contributed by atoms with Crippen molar-refractivity contribution in [2.75, 3.05) is 5.73 Å². The largest absolute Gasteiger partial charge is 0.398 e. The van der Waals surface area contributed by atoms with Crippen molar-refractivity contribution in [1.29, 1.82) is 0 Å². The zero-order valence-corrected chi connectivity index (χ0v) is 9.04. The van der Waals surface area contributed by atoms with Crippen molar-refractivity contribution < 1.29 is 8.42 Å². The molecule has 0 aliphatic rings. The number of nitrogen functional groups attached to an aromatic ring is 1. The molecule has 0 amide bonds. The summed E-state index contributed by atoms with van der Waals surface area (Å²) in [6.07, 6.45) is 0. The summed E-state index contributed by atoms with van der Waals surface area (Å²) < 4.78 is 20.8. The monoisotopic (exact) mass is 180 g/mol. The van der Waals surface area contributed by atoms with Crippen LogP contribution in [0.3, 0.4) is 0 Å². The van der Waals surface area contributed by atoms with E-state index < -0.39 is 10.7 Å². The fourth-order valence-electron chi connectivity index (χ4n) is 0.654. The number of hydrogen-bond acceptors (Lipinski definition) is 3. The first-order valence-electron chi connectivity index (χ1n) is 2.70. The van der Waals surface area contributed by atoms with Crippen molar-refractivity contribution in [1.82, 2.24) is 0 Å². The molecule has 0 unspecified atom stereocenters. The Balaban J connectivity index is 0.000001000. The molecule has 11 heavy (non-hydrogen) atoms. The molecule has 0 fully saturated rings. The number of thiol groups is 1. The van der Waals surface area contributed by atoms with Crippen molar-refractivity contribution in [2.45, 2.75) is 4.90 Å². The minimum absolute atomic E-state index is 0. The van der Waals surface area contributed by atoms with E-state index in [2.05, 4.69) is 0 Å². The van der Waals surface area contributed by atoms with Crippen molar-refractivity contribution in [3.63, 3.8) is 0 Å². The van der Waals surface area contributed by atoms with Gasteiger partial charge in [0, 0.05) is 29.6 Å². The third-order valence-electron chi connectivity index (χ3n) is 1.13. The van der Waals surface area contributed by atoms with Gasteiger partial charge in [0.1, 0.15) is 0 Å². The Bertz CT molecular complexity index is 303. The molecule has 0 heterocycles. The van der Waals surface area contributed by atoms with Gasteiger partial charge in [0.2, 0.25) is 0 Å². The topological polar surface area (TPSA) is 60.2 Å². The molecular weight excluding hydrogens is 173 g/mol. The molecule has 5 heteroatoms. The van der Waals surface area contributed by atoms with Crippen LogP contribution in [0.2, 0.25) is 0 Å². The van der Waals surface area contributed by atoms with Gasteiger partial charge in [0.15, 0.2) is 10.7 Å². The fourth-order valence-corrected chi connectivity index (χ4v) is 1.15. The zero-order valence-electron chi connectivity index (χ0n) is 6.15. The molecule has 0 bridgehead atoms. The molecule has 3 nitrogen and oxygen atoms in total. The number of benzene rings is 1. The van der Waals surface area contributed by atoms with Crippen molar-refractivity contribution in [2.24, 2.45) is 0 Å². The van der Waals surface area contributed by atoms with Gasteiger partial charge < -0.3 is 5.73 Å². The normalized spacial score (nSPS) is 9.18. The summed E-state index contributed by atoms with van der Waals surface area (Å²) in [5.74, 6) is 0. The molecule has 0 aliphatic heterocycles. The molecule has 0 spiro atoms. The van der Waals surface area contributed by atoms with E-state index in [4.69, 9.17) is 5.73 Å². The van der Waals surface area contributed by atoms with E-state index in [1.54, 1.807) is 18.2 Å². The first-order chi connectivity index (χ1) is 4.72.